The Bertz CT molecular complexity index is 608. The summed E-state index contributed by atoms with van der Waals surface area (Å²) >= 11 is 0. The van der Waals surface area contributed by atoms with Crippen molar-refractivity contribution in [1.82, 2.24) is 0 Å². The van der Waals surface area contributed by atoms with Crippen molar-refractivity contribution in [2.45, 2.75) is 19.8 Å². The van der Waals surface area contributed by atoms with Gasteiger partial charge in [-0.2, -0.15) is 0 Å². The number of halogens is 1. The number of aryl methyl sites for hydroxylation is 1. The molecule has 116 valence electrons. The Balaban J connectivity index is 1.69. The van der Waals surface area contributed by atoms with Gasteiger partial charge in [0.15, 0.2) is 0 Å². The Labute approximate surface area is 129 Å². The molecule has 0 radical (unpaired) electrons. The number of hydrogen-bond donors (Lipinski definition) is 0. The van der Waals surface area contributed by atoms with E-state index in [4.69, 9.17) is 9.47 Å². The summed E-state index contributed by atoms with van der Waals surface area (Å²) in [5.41, 5.74) is 1.92. The van der Waals surface area contributed by atoms with E-state index in [2.05, 4.69) is 6.92 Å². The Morgan fingerprint density at radius 3 is 2.55 bits per heavy atom. The van der Waals surface area contributed by atoms with Crippen molar-refractivity contribution in [3.8, 4) is 5.75 Å². The molecule has 0 saturated heterocycles. The lowest BCUT2D eigenvalue weighted by atomic mass is 10.1. The highest BCUT2D eigenvalue weighted by molar-refractivity contribution is 5.72. The number of rotatable bonds is 7. The van der Waals surface area contributed by atoms with Gasteiger partial charge in [-0.15, -0.1) is 0 Å². The molecule has 2 rings (SSSR count). The lowest BCUT2D eigenvalue weighted by Crippen LogP contribution is -2.14. The molecule has 0 amide bonds. The van der Waals surface area contributed by atoms with Crippen molar-refractivity contribution in [3.05, 3.63) is 65.5 Å². The standard InChI is InChI=1S/C18H19FO3/c1-2-14-4-3-5-17(12-14)21-10-11-22-18(20)13-15-6-8-16(19)9-7-15/h3-9,12H,2,10-11,13H2,1H3. The molecule has 3 nitrogen and oxygen atoms in total. The van der Waals surface area contributed by atoms with E-state index in [0.29, 0.717) is 6.61 Å². The number of benzene rings is 2. The van der Waals surface area contributed by atoms with Crippen molar-refractivity contribution >= 4 is 5.97 Å². The Morgan fingerprint density at radius 2 is 1.82 bits per heavy atom. The number of esters is 1. The Morgan fingerprint density at radius 1 is 1.05 bits per heavy atom. The van der Waals surface area contributed by atoms with Crippen LogP contribution in [-0.4, -0.2) is 19.2 Å². The van der Waals surface area contributed by atoms with Crippen molar-refractivity contribution in [2.24, 2.45) is 0 Å². The fraction of sp³-hybridized carbons (Fsp3) is 0.278. The third kappa shape index (κ3) is 5.20. The highest BCUT2D eigenvalue weighted by Crippen LogP contribution is 2.13. The summed E-state index contributed by atoms with van der Waals surface area (Å²) < 4.78 is 23.4. The number of hydrogen-bond acceptors (Lipinski definition) is 3. The van der Waals surface area contributed by atoms with Gasteiger partial charge in [-0.05, 0) is 41.8 Å². The van der Waals surface area contributed by atoms with Crippen LogP contribution >= 0.6 is 0 Å². The first kappa shape index (κ1) is 16.0. The van der Waals surface area contributed by atoms with E-state index in [1.165, 1.54) is 17.7 Å². The van der Waals surface area contributed by atoms with Crippen molar-refractivity contribution in [3.63, 3.8) is 0 Å². The monoisotopic (exact) mass is 302 g/mol. The van der Waals surface area contributed by atoms with Gasteiger partial charge in [0.25, 0.3) is 0 Å². The van der Waals surface area contributed by atoms with Gasteiger partial charge in [0, 0.05) is 0 Å². The number of ether oxygens (including phenoxy) is 2. The fourth-order valence-electron chi connectivity index (χ4n) is 1.99. The highest BCUT2D eigenvalue weighted by Gasteiger charge is 2.05. The molecule has 0 aliphatic carbocycles. The maximum absolute atomic E-state index is 12.8. The summed E-state index contributed by atoms with van der Waals surface area (Å²) in [5.74, 6) is 0.103. The quantitative estimate of drug-likeness (QED) is 0.579. The zero-order valence-corrected chi connectivity index (χ0v) is 12.5. The van der Waals surface area contributed by atoms with Crippen molar-refractivity contribution in [1.29, 1.82) is 0 Å². The normalized spacial score (nSPS) is 10.3. The summed E-state index contributed by atoms with van der Waals surface area (Å²) in [7, 11) is 0. The van der Waals surface area contributed by atoms with E-state index in [0.717, 1.165) is 17.7 Å². The minimum absolute atomic E-state index is 0.131. The van der Waals surface area contributed by atoms with E-state index < -0.39 is 0 Å². The molecule has 0 aliphatic heterocycles. The minimum atomic E-state index is -0.350. The molecule has 0 bridgehead atoms. The molecule has 22 heavy (non-hydrogen) atoms. The van der Waals surface area contributed by atoms with Gasteiger partial charge in [-0.3, -0.25) is 4.79 Å². The molecule has 0 N–H and O–H groups in total. The molecule has 2 aromatic carbocycles. The van der Waals surface area contributed by atoms with Gasteiger partial charge < -0.3 is 9.47 Å². The van der Waals surface area contributed by atoms with E-state index in [9.17, 15) is 9.18 Å². The van der Waals surface area contributed by atoms with Gasteiger partial charge in [0.2, 0.25) is 0 Å². The smallest absolute Gasteiger partial charge is 0.310 e. The van der Waals surface area contributed by atoms with E-state index in [-0.39, 0.29) is 24.8 Å². The van der Waals surface area contributed by atoms with Crippen LogP contribution in [-0.2, 0) is 22.4 Å². The summed E-state index contributed by atoms with van der Waals surface area (Å²) in [4.78, 5) is 11.6. The van der Waals surface area contributed by atoms with Crippen LogP contribution in [0.3, 0.4) is 0 Å². The molecule has 0 spiro atoms. The van der Waals surface area contributed by atoms with Gasteiger partial charge in [0.1, 0.15) is 24.8 Å². The topological polar surface area (TPSA) is 35.5 Å². The van der Waals surface area contributed by atoms with Crippen molar-refractivity contribution < 1.29 is 18.7 Å². The van der Waals surface area contributed by atoms with E-state index >= 15 is 0 Å². The van der Waals surface area contributed by atoms with Crippen LogP contribution in [0.1, 0.15) is 18.1 Å². The van der Waals surface area contributed by atoms with Crippen LogP contribution in [0.15, 0.2) is 48.5 Å². The second-order valence-corrected chi connectivity index (χ2v) is 4.87. The van der Waals surface area contributed by atoms with Crippen LogP contribution in [0.5, 0.6) is 5.75 Å². The van der Waals surface area contributed by atoms with E-state index in [1.54, 1.807) is 12.1 Å². The average molecular weight is 302 g/mol. The molecule has 0 saturated carbocycles. The molecular weight excluding hydrogens is 283 g/mol. The third-order valence-electron chi connectivity index (χ3n) is 3.18. The molecule has 0 atom stereocenters. The fourth-order valence-corrected chi connectivity index (χ4v) is 1.99. The maximum Gasteiger partial charge on any atom is 0.310 e. The second-order valence-electron chi connectivity index (χ2n) is 4.87. The lowest BCUT2D eigenvalue weighted by molar-refractivity contribution is -0.143. The van der Waals surface area contributed by atoms with Crippen LogP contribution in [0, 0.1) is 5.82 Å². The van der Waals surface area contributed by atoms with Crippen LogP contribution in [0.4, 0.5) is 4.39 Å². The van der Waals surface area contributed by atoms with Crippen LogP contribution in [0.25, 0.3) is 0 Å². The predicted molar refractivity (Wildman–Crippen MR) is 82.4 cm³/mol. The summed E-state index contributed by atoms with van der Waals surface area (Å²) in [5, 5.41) is 0. The number of carbonyl (C=O) groups is 1. The first-order valence-corrected chi connectivity index (χ1v) is 7.29. The summed E-state index contributed by atoms with van der Waals surface area (Å²) in [6.07, 6.45) is 1.08. The third-order valence-corrected chi connectivity index (χ3v) is 3.18. The van der Waals surface area contributed by atoms with Gasteiger partial charge in [0.05, 0.1) is 6.42 Å². The van der Waals surface area contributed by atoms with Crippen LogP contribution in [0.2, 0.25) is 0 Å². The molecule has 0 heterocycles. The Hall–Kier alpha value is -2.36. The molecule has 2 aromatic rings. The molecule has 0 aliphatic rings. The minimum Gasteiger partial charge on any atom is -0.490 e. The van der Waals surface area contributed by atoms with Crippen molar-refractivity contribution in [2.75, 3.05) is 13.2 Å². The molecule has 4 heteroatoms. The lowest BCUT2D eigenvalue weighted by Gasteiger charge is -2.08. The van der Waals surface area contributed by atoms with Gasteiger partial charge in [-0.1, -0.05) is 31.2 Å². The highest BCUT2D eigenvalue weighted by atomic mass is 19.1. The zero-order valence-electron chi connectivity index (χ0n) is 12.5. The maximum atomic E-state index is 12.8. The molecule has 0 unspecified atom stereocenters. The average Bonchev–Trinajstić information content (AvgIpc) is 2.54. The molecular formula is C18H19FO3. The molecule has 0 aromatic heterocycles. The SMILES string of the molecule is CCc1cccc(OCCOC(=O)Cc2ccc(F)cc2)c1. The van der Waals surface area contributed by atoms with Crippen LogP contribution < -0.4 is 4.74 Å². The first-order valence-electron chi connectivity index (χ1n) is 7.29. The first-order chi connectivity index (χ1) is 10.7. The summed E-state index contributed by atoms with van der Waals surface area (Å²) in [6.45, 7) is 2.58. The second kappa shape index (κ2) is 8.17. The zero-order chi connectivity index (χ0) is 15.8. The largest absolute Gasteiger partial charge is 0.490 e. The Kier molecular flexibility index (Phi) is 5.95. The molecule has 0 fully saturated rings. The predicted octanol–water partition coefficient (Wildman–Crippen LogP) is 3.55. The summed E-state index contributed by atoms with van der Waals surface area (Å²) in [6, 6.07) is 13.6. The van der Waals surface area contributed by atoms with Gasteiger partial charge in [-0.25, -0.2) is 4.39 Å². The number of carbonyl (C=O) groups excluding carboxylic acids is 1. The van der Waals surface area contributed by atoms with Gasteiger partial charge >= 0.3 is 5.97 Å². The van der Waals surface area contributed by atoms with E-state index in [1.807, 2.05) is 24.3 Å².